The number of hydrogen-bond donors (Lipinski definition) is 0. The van der Waals surface area contributed by atoms with E-state index in [2.05, 4.69) is 5.29 Å². The van der Waals surface area contributed by atoms with E-state index in [4.69, 9.17) is 4.74 Å². The molecule has 0 amide bonds. The number of aromatic nitrogens is 1. The molecule has 0 aliphatic heterocycles. The Balaban J connectivity index is 2.78. The van der Waals surface area contributed by atoms with Gasteiger partial charge in [-0.25, -0.2) is 4.68 Å². The van der Waals surface area contributed by atoms with Crippen LogP contribution < -0.4 is 4.74 Å². The van der Waals surface area contributed by atoms with Crippen LogP contribution in [0.25, 0.3) is 10.9 Å². The van der Waals surface area contributed by atoms with Crippen molar-refractivity contribution < 1.29 is 4.74 Å². The van der Waals surface area contributed by atoms with Crippen molar-refractivity contribution in [3.63, 3.8) is 0 Å². The maximum atomic E-state index is 10.5. The van der Waals surface area contributed by atoms with Gasteiger partial charge < -0.3 is 4.74 Å². The highest BCUT2D eigenvalue weighted by atomic mass is 16.5. The molecule has 72 valence electrons. The van der Waals surface area contributed by atoms with E-state index >= 15 is 0 Å². The zero-order valence-electron chi connectivity index (χ0n) is 8.02. The normalized spacial score (nSPS) is 10.4. The standard InChI is InChI=1S/C10H10N2O2/c1-7-5-9(14-2)6-8-3-4-12(11-13)10(7)8/h3-6H,1-2H3. The first-order valence-electron chi connectivity index (χ1n) is 4.25. The highest BCUT2D eigenvalue weighted by Gasteiger charge is 2.06. The fourth-order valence-electron chi connectivity index (χ4n) is 1.62. The van der Waals surface area contributed by atoms with E-state index in [9.17, 15) is 4.91 Å². The molecule has 0 N–H and O–H groups in total. The Morgan fingerprint density at radius 1 is 1.43 bits per heavy atom. The van der Waals surface area contributed by atoms with E-state index < -0.39 is 0 Å². The van der Waals surface area contributed by atoms with Gasteiger partial charge in [-0.1, -0.05) is 0 Å². The molecule has 0 bridgehead atoms. The zero-order chi connectivity index (χ0) is 10.1. The predicted molar refractivity (Wildman–Crippen MR) is 54.4 cm³/mol. The highest BCUT2D eigenvalue weighted by Crippen LogP contribution is 2.25. The molecule has 0 aliphatic rings. The van der Waals surface area contributed by atoms with Crippen molar-refractivity contribution >= 4 is 10.9 Å². The zero-order valence-corrected chi connectivity index (χ0v) is 8.02. The number of nitroso groups, excluding NO2 is 1. The Kier molecular flexibility index (Phi) is 1.96. The first-order valence-corrected chi connectivity index (χ1v) is 4.25. The fraction of sp³-hybridized carbons (Fsp3) is 0.200. The Labute approximate surface area is 81.0 Å². The van der Waals surface area contributed by atoms with Crippen LogP contribution >= 0.6 is 0 Å². The Bertz CT molecular complexity index is 488. The van der Waals surface area contributed by atoms with Crippen molar-refractivity contribution in [3.05, 3.63) is 34.9 Å². The van der Waals surface area contributed by atoms with Crippen LogP contribution in [0.5, 0.6) is 5.75 Å². The van der Waals surface area contributed by atoms with Gasteiger partial charge in [-0.05, 0) is 30.7 Å². The van der Waals surface area contributed by atoms with Gasteiger partial charge in [-0.2, -0.15) is 0 Å². The second-order valence-electron chi connectivity index (χ2n) is 3.12. The van der Waals surface area contributed by atoms with Gasteiger partial charge >= 0.3 is 0 Å². The largest absolute Gasteiger partial charge is 0.497 e. The molecular weight excluding hydrogens is 180 g/mol. The van der Waals surface area contributed by atoms with Crippen LogP contribution in [0.3, 0.4) is 0 Å². The first kappa shape index (κ1) is 8.74. The molecule has 14 heavy (non-hydrogen) atoms. The van der Waals surface area contributed by atoms with Crippen molar-refractivity contribution in [1.82, 2.24) is 4.68 Å². The van der Waals surface area contributed by atoms with Crippen LogP contribution in [-0.2, 0) is 0 Å². The number of aryl methyl sites for hydroxylation is 1. The first-order chi connectivity index (χ1) is 6.76. The van der Waals surface area contributed by atoms with Crippen LogP contribution in [0, 0.1) is 11.8 Å². The molecule has 4 nitrogen and oxygen atoms in total. The summed E-state index contributed by atoms with van der Waals surface area (Å²) in [5, 5.41) is 3.86. The summed E-state index contributed by atoms with van der Waals surface area (Å²) >= 11 is 0. The summed E-state index contributed by atoms with van der Waals surface area (Å²) < 4.78 is 6.45. The van der Waals surface area contributed by atoms with Crippen LogP contribution in [0.2, 0.25) is 0 Å². The Morgan fingerprint density at radius 2 is 2.21 bits per heavy atom. The van der Waals surface area contributed by atoms with Gasteiger partial charge in [0.25, 0.3) is 0 Å². The predicted octanol–water partition coefficient (Wildman–Crippen LogP) is 2.49. The summed E-state index contributed by atoms with van der Waals surface area (Å²) in [6.07, 6.45) is 1.64. The van der Waals surface area contributed by atoms with Crippen molar-refractivity contribution in [2.45, 2.75) is 6.92 Å². The Morgan fingerprint density at radius 3 is 2.86 bits per heavy atom. The molecular formula is C10H10N2O2. The van der Waals surface area contributed by atoms with E-state index in [-0.39, 0.29) is 0 Å². The van der Waals surface area contributed by atoms with Crippen molar-refractivity contribution in [3.8, 4) is 5.75 Å². The maximum Gasteiger partial charge on any atom is 0.119 e. The second-order valence-corrected chi connectivity index (χ2v) is 3.12. The lowest BCUT2D eigenvalue weighted by Crippen LogP contribution is -1.88. The van der Waals surface area contributed by atoms with Crippen LogP contribution in [-0.4, -0.2) is 11.8 Å². The number of benzene rings is 1. The van der Waals surface area contributed by atoms with Crippen molar-refractivity contribution in [2.75, 3.05) is 7.11 Å². The minimum absolute atomic E-state index is 0.790. The summed E-state index contributed by atoms with van der Waals surface area (Å²) in [4.78, 5) is 10.5. The van der Waals surface area contributed by atoms with E-state index in [1.165, 1.54) is 4.68 Å². The average Bonchev–Trinajstić information content (AvgIpc) is 2.61. The van der Waals surface area contributed by atoms with E-state index in [1.807, 2.05) is 25.1 Å². The average molecular weight is 190 g/mol. The summed E-state index contributed by atoms with van der Waals surface area (Å²) in [5.41, 5.74) is 1.81. The highest BCUT2D eigenvalue weighted by molar-refractivity contribution is 5.84. The summed E-state index contributed by atoms with van der Waals surface area (Å²) in [6.45, 7) is 1.92. The third-order valence-electron chi connectivity index (χ3n) is 2.25. The van der Waals surface area contributed by atoms with Gasteiger partial charge in [0, 0.05) is 11.6 Å². The lowest BCUT2D eigenvalue weighted by molar-refractivity contribution is 0.415. The molecule has 1 aromatic carbocycles. The minimum atomic E-state index is 0.790. The van der Waals surface area contributed by atoms with E-state index in [0.29, 0.717) is 0 Å². The number of hydrogen-bond acceptors (Lipinski definition) is 3. The van der Waals surface area contributed by atoms with E-state index in [1.54, 1.807) is 13.3 Å². The molecule has 0 fully saturated rings. The summed E-state index contributed by atoms with van der Waals surface area (Å²) in [7, 11) is 1.62. The number of nitrogens with zero attached hydrogens (tertiary/aromatic N) is 2. The third-order valence-corrected chi connectivity index (χ3v) is 2.25. The number of methoxy groups -OCH3 is 1. The van der Waals surface area contributed by atoms with Gasteiger partial charge in [-0.15, -0.1) is 4.91 Å². The molecule has 0 radical (unpaired) electrons. The smallest absolute Gasteiger partial charge is 0.119 e. The van der Waals surface area contributed by atoms with E-state index in [0.717, 1.165) is 22.2 Å². The van der Waals surface area contributed by atoms with Crippen molar-refractivity contribution in [1.29, 1.82) is 0 Å². The lowest BCUT2D eigenvalue weighted by atomic mass is 10.1. The summed E-state index contributed by atoms with van der Waals surface area (Å²) in [5.74, 6) is 0.790. The van der Waals surface area contributed by atoms with Gasteiger partial charge in [0.2, 0.25) is 0 Å². The van der Waals surface area contributed by atoms with Gasteiger partial charge in [0.1, 0.15) is 5.75 Å². The molecule has 1 aromatic heterocycles. The van der Waals surface area contributed by atoms with Gasteiger partial charge in [0.05, 0.1) is 17.9 Å². The monoisotopic (exact) mass is 190 g/mol. The molecule has 0 spiro atoms. The third kappa shape index (κ3) is 1.16. The summed E-state index contributed by atoms with van der Waals surface area (Å²) in [6, 6.07) is 5.60. The van der Waals surface area contributed by atoms with Gasteiger partial charge in [-0.3, -0.25) is 0 Å². The molecule has 2 rings (SSSR count). The molecule has 0 saturated heterocycles. The SMILES string of the molecule is COc1cc(C)c2c(ccn2N=O)c1. The van der Waals surface area contributed by atoms with Crippen molar-refractivity contribution in [2.24, 2.45) is 5.29 Å². The molecule has 0 aliphatic carbocycles. The van der Waals surface area contributed by atoms with Gasteiger partial charge in [0.15, 0.2) is 0 Å². The minimum Gasteiger partial charge on any atom is -0.497 e. The number of ether oxygens (including phenoxy) is 1. The molecule has 2 aromatic rings. The van der Waals surface area contributed by atoms with Crippen LogP contribution in [0.1, 0.15) is 5.56 Å². The molecule has 1 heterocycles. The second kappa shape index (κ2) is 3.14. The number of fused-ring (bicyclic) bond motifs is 1. The van der Waals surface area contributed by atoms with Crippen LogP contribution in [0.15, 0.2) is 29.7 Å². The number of rotatable bonds is 2. The fourth-order valence-corrected chi connectivity index (χ4v) is 1.62. The molecule has 4 heteroatoms. The van der Waals surface area contributed by atoms with Crippen LogP contribution in [0.4, 0.5) is 0 Å². The lowest BCUT2D eigenvalue weighted by Gasteiger charge is -2.03. The Hall–Kier alpha value is -1.84. The maximum absolute atomic E-state index is 10.5. The quantitative estimate of drug-likeness (QED) is 0.683. The topological polar surface area (TPSA) is 43.6 Å². The molecule has 0 saturated carbocycles. The molecule has 0 atom stereocenters. The molecule has 0 unspecified atom stereocenters.